The number of amides is 1. The number of hydrogen-bond donors (Lipinski definition) is 1. The van der Waals surface area contributed by atoms with Gasteiger partial charge in [-0.3, -0.25) is 4.79 Å². The molecule has 1 aromatic heterocycles. The minimum absolute atomic E-state index is 0.106. The number of nitriles is 1. The van der Waals surface area contributed by atoms with Crippen LogP contribution in [0.2, 0.25) is 10.0 Å². The molecule has 0 unspecified atom stereocenters. The SMILES string of the molecule is CCOCC(=O)NCc1c(S(=O)(=O)C(F)(F)F)c(C#N)nn1-c1c(Cl)cc(C(F)(F)F)cc1Cl. The van der Waals surface area contributed by atoms with Crippen LogP contribution in [-0.4, -0.2) is 42.8 Å². The molecule has 2 aromatic rings. The van der Waals surface area contributed by atoms with Crippen molar-refractivity contribution in [1.82, 2.24) is 15.1 Å². The smallest absolute Gasteiger partial charge is 0.372 e. The van der Waals surface area contributed by atoms with Crippen LogP contribution in [0.1, 0.15) is 23.9 Å². The third kappa shape index (κ3) is 5.57. The van der Waals surface area contributed by atoms with E-state index in [1.165, 1.54) is 6.07 Å². The molecule has 0 bridgehead atoms. The Morgan fingerprint density at radius 3 is 2.21 bits per heavy atom. The zero-order valence-corrected chi connectivity index (χ0v) is 19.0. The van der Waals surface area contributed by atoms with Gasteiger partial charge in [0.25, 0.3) is 9.84 Å². The van der Waals surface area contributed by atoms with E-state index in [1.807, 2.05) is 0 Å². The summed E-state index contributed by atoms with van der Waals surface area (Å²) in [5.74, 6) is -0.881. The topological polar surface area (TPSA) is 114 Å². The maximum atomic E-state index is 13.3. The molecule has 1 N–H and O–H groups in total. The van der Waals surface area contributed by atoms with Crippen molar-refractivity contribution in [3.05, 3.63) is 39.1 Å². The average Bonchev–Trinajstić information content (AvgIpc) is 3.07. The van der Waals surface area contributed by atoms with E-state index in [0.29, 0.717) is 16.8 Å². The van der Waals surface area contributed by atoms with Crippen molar-refractivity contribution in [2.45, 2.75) is 30.0 Å². The lowest BCUT2D eigenvalue weighted by atomic mass is 10.2. The first-order valence-electron chi connectivity index (χ1n) is 8.80. The number of hydrogen-bond acceptors (Lipinski definition) is 6. The van der Waals surface area contributed by atoms with Gasteiger partial charge in [0, 0.05) is 6.61 Å². The molecule has 0 fully saturated rings. The molecular formula is C17H12Cl2F6N4O4S. The average molecular weight is 553 g/mol. The van der Waals surface area contributed by atoms with Gasteiger partial charge in [0.05, 0.1) is 27.8 Å². The van der Waals surface area contributed by atoms with Crippen LogP contribution in [0.5, 0.6) is 0 Å². The normalized spacial score (nSPS) is 12.5. The summed E-state index contributed by atoms with van der Waals surface area (Å²) in [4.78, 5) is 10.2. The van der Waals surface area contributed by atoms with E-state index < -0.39 is 78.2 Å². The van der Waals surface area contributed by atoms with E-state index in [-0.39, 0.29) is 6.61 Å². The van der Waals surface area contributed by atoms with E-state index in [2.05, 4.69) is 10.4 Å². The summed E-state index contributed by atoms with van der Waals surface area (Å²) in [6.07, 6.45) is -4.89. The summed E-state index contributed by atoms with van der Waals surface area (Å²) in [5.41, 5.74) is -10.0. The fraction of sp³-hybridized carbons (Fsp3) is 0.353. The maximum absolute atomic E-state index is 13.3. The first-order valence-corrected chi connectivity index (χ1v) is 11.0. The number of nitrogens with zero attached hydrogens (tertiary/aromatic N) is 3. The monoisotopic (exact) mass is 552 g/mol. The maximum Gasteiger partial charge on any atom is 0.502 e. The number of sulfone groups is 1. The number of nitrogens with one attached hydrogen (secondary N) is 1. The van der Waals surface area contributed by atoms with Gasteiger partial charge < -0.3 is 10.1 Å². The van der Waals surface area contributed by atoms with Crippen LogP contribution >= 0.6 is 23.2 Å². The van der Waals surface area contributed by atoms with Crippen molar-refractivity contribution >= 4 is 38.9 Å². The molecule has 8 nitrogen and oxygen atoms in total. The number of alkyl halides is 6. The molecule has 0 spiro atoms. The molecule has 186 valence electrons. The lowest BCUT2D eigenvalue weighted by Gasteiger charge is -2.16. The van der Waals surface area contributed by atoms with Gasteiger partial charge in [-0.2, -0.15) is 36.7 Å². The molecule has 2 rings (SSSR count). The number of aromatic nitrogens is 2. The second-order valence-corrected chi connectivity index (χ2v) is 8.99. The third-order valence-electron chi connectivity index (χ3n) is 4.06. The van der Waals surface area contributed by atoms with Gasteiger partial charge in [0.15, 0.2) is 5.69 Å². The summed E-state index contributed by atoms with van der Waals surface area (Å²) >= 11 is 11.8. The Bertz CT molecular complexity index is 1230. The second-order valence-electron chi connectivity index (χ2n) is 6.30. The zero-order valence-electron chi connectivity index (χ0n) is 16.7. The predicted octanol–water partition coefficient (Wildman–Crippen LogP) is 4.02. The Hall–Kier alpha value is -2.54. The summed E-state index contributed by atoms with van der Waals surface area (Å²) < 4.78 is 109. The lowest BCUT2D eigenvalue weighted by molar-refractivity contribution is -0.137. The Balaban J connectivity index is 2.82. The van der Waals surface area contributed by atoms with Crippen molar-refractivity contribution in [1.29, 1.82) is 5.26 Å². The highest BCUT2D eigenvalue weighted by atomic mass is 35.5. The highest BCUT2D eigenvalue weighted by Crippen LogP contribution is 2.40. The van der Waals surface area contributed by atoms with Crippen LogP contribution in [-0.2, 0) is 32.1 Å². The highest BCUT2D eigenvalue weighted by Gasteiger charge is 2.51. The third-order valence-corrected chi connectivity index (χ3v) is 6.21. The molecule has 0 aliphatic rings. The van der Waals surface area contributed by atoms with Crippen LogP contribution in [0.4, 0.5) is 26.3 Å². The fourth-order valence-electron chi connectivity index (χ4n) is 2.61. The highest BCUT2D eigenvalue weighted by molar-refractivity contribution is 7.92. The summed E-state index contributed by atoms with van der Waals surface area (Å²) in [6.45, 7) is 0.149. The van der Waals surface area contributed by atoms with Gasteiger partial charge in [-0.05, 0) is 19.1 Å². The first kappa shape index (κ1) is 27.7. The van der Waals surface area contributed by atoms with E-state index in [4.69, 9.17) is 27.9 Å². The van der Waals surface area contributed by atoms with Gasteiger partial charge in [-0.15, -0.1) is 0 Å². The van der Waals surface area contributed by atoms with E-state index >= 15 is 0 Å². The molecule has 17 heteroatoms. The van der Waals surface area contributed by atoms with Gasteiger partial charge >= 0.3 is 11.7 Å². The van der Waals surface area contributed by atoms with Crippen molar-refractivity contribution < 1.29 is 44.3 Å². The Kier molecular flexibility index (Phi) is 8.13. The molecule has 0 saturated heterocycles. The van der Waals surface area contributed by atoms with Gasteiger partial charge in [-0.1, -0.05) is 23.2 Å². The van der Waals surface area contributed by atoms with Gasteiger partial charge in [-0.25, -0.2) is 13.1 Å². The first-order chi connectivity index (χ1) is 15.6. The molecule has 1 amide bonds. The van der Waals surface area contributed by atoms with Crippen molar-refractivity contribution in [3.8, 4) is 11.8 Å². The molecule has 34 heavy (non-hydrogen) atoms. The fourth-order valence-corrected chi connectivity index (χ4v) is 4.30. The Morgan fingerprint density at radius 2 is 1.76 bits per heavy atom. The van der Waals surface area contributed by atoms with Crippen LogP contribution in [0.25, 0.3) is 5.69 Å². The number of carbonyl (C=O) groups is 1. The minimum atomic E-state index is -6.21. The molecule has 0 aliphatic heterocycles. The van der Waals surface area contributed by atoms with Crippen molar-refractivity contribution in [3.63, 3.8) is 0 Å². The summed E-state index contributed by atoms with van der Waals surface area (Å²) in [6, 6.07) is 1.95. The molecule has 0 aliphatic carbocycles. The largest absolute Gasteiger partial charge is 0.502 e. The van der Waals surface area contributed by atoms with Gasteiger partial charge in [0.2, 0.25) is 5.91 Å². The van der Waals surface area contributed by atoms with Crippen LogP contribution in [0, 0.1) is 11.3 Å². The van der Waals surface area contributed by atoms with Crippen molar-refractivity contribution in [2.75, 3.05) is 13.2 Å². The number of benzene rings is 1. The standard InChI is InChI=1S/C17H12Cl2F6N4O4S/c1-2-33-7-13(30)27-6-12-15(34(31,32)17(23,24)25)11(5-26)28-29(12)14-9(18)3-8(4-10(14)19)16(20,21)22/h3-4H,2,6-7H2,1H3,(H,27,30). The van der Waals surface area contributed by atoms with Gasteiger partial charge in [0.1, 0.15) is 23.3 Å². The molecule has 0 atom stereocenters. The van der Waals surface area contributed by atoms with E-state index in [1.54, 1.807) is 6.92 Å². The number of ether oxygens (including phenoxy) is 1. The summed E-state index contributed by atoms with van der Waals surface area (Å²) in [5, 5.41) is 13.3. The molecular weight excluding hydrogens is 541 g/mol. The second kappa shape index (κ2) is 9.98. The van der Waals surface area contributed by atoms with E-state index in [9.17, 15) is 44.8 Å². The summed E-state index contributed by atoms with van der Waals surface area (Å²) in [7, 11) is -6.21. The lowest BCUT2D eigenvalue weighted by Crippen LogP contribution is -2.30. The van der Waals surface area contributed by atoms with E-state index in [0.717, 1.165) is 0 Å². The molecule has 1 heterocycles. The molecule has 0 saturated carbocycles. The zero-order chi connectivity index (χ0) is 26.1. The van der Waals surface area contributed by atoms with Crippen molar-refractivity contribution in [2.24, 2.45) is 0 Å². The van der Waals surface area contributed by atoms with Crippen LogP contribution < -0.4 is 5.32 Å². The van der Waals surface area contributed by atoms with Crippen LogP contribution in [0.15, 0.2) is 17.0 Å². The Morgan fingerprint density at radius 1 is 1.21 bits per heavy atom. The predicted molar refractivity (Wildman–Crippen MR) is 105 cm³/mol. The number of halogens is 8. The molecule has 0 radical (unpaired) electrons. The molecule has 1 aromatic carbocycles. The van der Waals surface area contributed by atoms with Crippen LogP contribution in [0.3, 0.4) is 0 Å². The minimum Gasteiger partial charge on any atom is -0.372 e. The number of carbonyl (C=O) groups excluding carboxylic acids is 1. The quantitative estimate of drug-likeness (QED) is 0.519. The number of rotatable bonds is 7. The Labute approximate surface area is 197 Å².